The molecule has 1 aliphatic rings. The Morgan fingerprint density at radius 1 is 0.958 bits per heavy atom. The monoisotopic (exact) mass is 339 g/mol. The van der Waals surface area contributed by atoms with Crippen LogP contribution in [-0.2, 0) is 12.0 Å². The van der Waals surface area contributed by atoms with Crippen LogP contribution in [0.2, 0.25) is 0 Å². The van der Waals surface area contributed by atoms with Crippen molar-refractivity contribution in [2.75, 3.05) is 6.54 Å². The molecule has 3 nitrogen and oxygen atoms in total. The van der Waals surface area contributed by atoms with E-state index in [0.29, 0.717) is 5.41 Å². The number of hydrogen-bond acceptors (Lipinski definition) is 2. The lowest BCUT2D eigenvalue weighted by atomic mass is 9.96. The highest BCUT2D eigenvalue weighted by atomic mass is 35.5. The van der Waals surface area contributed by atoms with Crippen LogP contribution < -0.4 is 5.32 Å². The lowest BCUT2D eigenvalue weighted by molar-refractivity contribution is 0.574. The first-order chi connectivity index (χ1) is 11.4. The third kappa shape index (κ3) is 3.53. The van der Waals surface area contributed by atoms with Gasteiger partial charge in [0.05, 0.1) is 11.9 Å². The van der Waals surface area contributed by atoms with E-state index in [2.05, 4.69) is 59.1 Å². The van der Waals surface area contributed by atoms with Gasteiger partial charge >= 0.3 is 0 Å². The van der Waals surface area contributed by atoms with Gasteiger partial charge in [-0.15, -0.1) is 12.4 Å². The standard InChI is InChI=1S/C20H21N3.ClH/c1-3-7-18(8-4-1)20(11-12-20)16-21-13-17-14-22-23(15-17)19-9-5-2-6-10-19;/h1-10,14-15,21H,11-13,16H2;1H. The fourth-order valence-corrected chi connectivity index (χ4v) is 3.13. The Morgan fingerprint density at radius 3 is 2.29 bits per heavy atom. The fourth-order valence-electron chi connectivity index (χ4n) is 3.13. The largest absolute Gasteiger partial charge is 0.312 e. The van der Waals surface area contributed by atoms with Crippen molar-refractivity contribution >= 4 is 12.4 Å². The molecule has 1 heterocycles. The van der Waals surface area contributed by atoms with E-state index in [1.165, 1.54) is 24.0 Å². The summed E-state index contributed by atoms with van der Waals surface area (Å²) in [6, 6.07) is 21.1. The highest BCUT2D eigenvalue weighted by molar-refractivity contribution is 5.85. The lowest BCUT2D eigenvalue weighted by Crippen LogP contribution is -2.26. The second-order valence-corrected chi connectivity index (χ2v) is 6.38. The van der Waals surface area contributed by atoms with Gasteiger partial charge in [-0.2, -0.15) is 5.10 Å². The Labute approximate surface area is 149 Å². The molecule has 1 saturated carbocycles. The van der Waals surface area contributed by atoms with Gasteiger partial charge in [0, 0.05) is 30.3 Å². The van der Waals surface area contributed by atoms with Crippen LogP contribution in [0.5, 0.6) is 0 Å². The molecular formula is C20H22ClN3. The van der Waals surface area contributed by atoms with Crippen molar-refractivity contribution in [3.05, 3.63) is 84.2 Å². The quantitative estimate of drug-likeness (QED) is 0.732. The summed E-state index contributed by atoms with van der Waals surface area (Å²) in [7, 11) is 0. The number of halogens is 1. The molecule has 1 fully saturated rings. The van der Waals surface area contributed by atoms with Crippen LogP contribution in [-0.4, -0.2) is 16.3 Å². The van der Waals surface area contributed by atoms with Crippen molar-refractivity contribution in [1.29, 1.82) is 0 Å². The van der Waals surface area contributed by atoms with Crippen molar-refractivity contribution in [1.82, 2.24) is 15.1 Å². The van der Waals surface area contributed by atoms with Crippen LogP contribution in [0.1, 0.15) is 24.0 Å². The Balaban J connectivity index is 0.00000169. The Hall–Kier alpha value is -2.10. The first-order valence-electron chi connectivity index (χ1n) is 8.21. The second-order valence-electron chi connectivity index (χ2n) is 6.38. The van der Waals surface area contributed by atoms with Gasteiger partial charge in [-0.25, -0.2) is 4.68 Å². The van der Waals surface area contributed by atoms with Crippen LogP contribution in [0, 0.1) is 0 Å². The van der Waals surface area contributed by atoms with E-state index < -0.39 is 0 Å². The van der Waals surface area contributed by atoms with Crippen LogP contribution in [0.3, 0.4) is 0 Å². The Bertz CT molecular complexity index is 764. The molecule has 2 aromatic carbocycles. The predicted octanol–water partition coefficient (Wildman–Crippen LogP) is 4.12. The van der Waals surface area contributed by atoms with Gasteiger partial charge in [0.15, 0.2) is 0 Å². The van der Waals surface area contributed by atoms with E-state index in [1.807, 2.05) is 29.1 Å². The molecule has 24 heavy (non-hydrogen) atoms. The van der Waals surface area contributed by atoms with Gasteiger partial charge in [0.1, 0.15) is 0 Å². The minimum atomic E-state index is 0. The number of nitrogens with zero attached hydrogens (tertiary/aromatic N) is 2. The highest BCUT2D eigenvalue weighted by Crippen LogP contribution is 2.47. The molecule has 0 amide bonds. The average molecular weight is 340 g/mol. The van der Waals surface area contributed by atoms with Crippen LogP contribution >= 0.6 is 12.4 Å². The van der Waals surface area contributed by atoms with Gasteiger partial charge in [-0.1, -0.05) is 48.5 Å². The molecule has 1 aliphatic carbocycles. The van der Waals surface area contributed by atoms with Crippen molar-refractivity contribution in [3.8, 4) is 5.69 Å². The summed E-state index contributed by atoms with van der Waals surface area (Å²) in [4.78, 5) is 0. The molecule has 0 radical (unpaired) electrons. The lowest BCUT2D eigenvalue weighted by Gasteiger charge is -2.16. The van der Waals surface area contributed by atoms with Crippen molar-refractivity contribution < 1.29 is 0 Å². The molecule has 0 unspecified atom stereocenters. The summed E-state index contributed by atoms with van der Waals surface area (Å²) >= 11 is 0. The number of nitrogens with one attached hydrogen (secondary N) is 1. The number of rotatable bonds is 6. The van der Waals surface area contributed by atoms with Crippen molar-refractivity contribution in [2.45, 2.75) is 24.8 Å². The first kappa shape index (κ1) is 16.7. The normalized spacial score (nSPS) is 14.8. The Morgan fingerprint density at radius 2 is 1.62 bits per heavy atom. The van der Waals surface area contributed by atoms with Crippen LogP contribution in [0.25, 0.3) is 5.69 Å². The number of aromatic nitrogens is 2. The van der Waals surface area contributed by atoms with Gasteiger partial charge in [0.2, 0.25) is 0 Å². The summed E-state index contributed by atoms with van der Waals surface area (Å²) in [5, 5.41) is 8.07. The van der Waals surface area contributed by atoms with Crippen LogP contribution in [0.15, 0.2) is 73.1 Å². The smallest absolute Gasteiger partial charge is 0.0645 e. The zero-order valence-corrected chi connectivity index (χ0v) is 14.4. The SMILES string of the molecule is Cl.c1ccc(-n2cc(CNCC3(c4ccccc4)CC3)cn2)cc1. The third-order valence-corrected chi connectivity index (χ3v) is 4.69. The first-order valence-corrected chi connectivity index (χ1v) is 8.21. The van der Waals surface area contributed by atoms with Gasteiger partial charge < -0.3 is 5.32 Å². The molecule has 4 heteroatoms. The molecule has 0 atom stereocenters. The van der Waals surface area contributed by atoms with E-state index >= 15 is 0 Å². The van der Waals surface area contributed by atoms with E-state index in [1.54, 1.807) is 0 Å². The maximum Gasteiger partial charge on any atom is 0.0645 e. The zero-order valence-electron chi connectivity index (χ0n) is 13.6. The Kier molecular flexibility index (Phi) is 5.03. The minimum absolute atomic E-state index is 0. The molecule has 3 aromatic rings. The minimum Gasteiger partial charge on any atom is -0.312 e. The number of benzene rings is 2. The maximum absolute atomic E-state index is 4.45. The van der Waals surface area contributed by atoms with Crippen molar-refractivity contribution in [2.24, 2.45) is 0 Å². The van der Waals surface area contributed by atoms with E-state index in [-0.39, 0.29) is 12.4 Å². The van der Waals surface area contributed by atoms with Crippen molar-refractivity contribution in [3.63, 3.8) is 0 Å². The van der Waals surface area contributed by atoms with Gasteiger partial charge in [-0.05, 0) is 30.5 Å². The van der Waals surface area contributed by atoms with E-state index in [9.17, 15) is 0 Å². The van der Waals surface area contributed by atoms with E-state index in [0.717, 1.165) is 18.8 Å². The molecule has 0 bridgehead atoms. The predicted molar refractivity (Wildman–Crippen MR) is 99.9 cm³/mol. The number of para-hydroxylation sites is 1. The molecular weight excluding hydrogens is 318 g/mol. The van der Waals surface area contributed by atoms with E-state index in [4.69, 9.17) is 0 Å². The second kappa shape index (κ2) is 7.20. The molecule has 4 rings (SSSR count). The molecule has 1 N–H and O–H groups in total. The molecule has 0 saturated heterocycles. The number of hydrogen-bond donors (Lipinski definition) is 1. The topological polar surface area (TPSA) is 29.9 Å². The molecule has 1 aromatic heterocycles. The third-order valence-electron chi connectivity index (χ3n) is 4.69. The maximum atomic E-state index is 4.45. The zero-order chi connectivity index (χ0) is 15.5. The summed E-state index contributed by atoms with van der Waals surface area (Å²) in [6.07, 6.45) is 6.62. The summed E-state index contributed by atoms with van der Waals surface area (Å²) in [6.45, 7) is 1.90. The fraction of sp³-hybridized carbons (Fsp3) is 0.250. The van der Waals surface area contributed by atoms with Crippen LogP contribution in [0.4, 0.5) is 0 Å². The van der Waals surface area contributed by atoms with Gasteiger partial charge in [0.25, 0.3) is 0 Å². The summed E-state index contributed by atoms with van der Waals surface area (Å²) < 4.78 is 1.93. The highest BCUT2D eigenvalue weighted by Gasteiger charge is 2.43. The average Bonchev–Trinajstić information content (AvgIpc) is 3.26. The van der Waals surface area contributed by atoms with Gasteiger partial charge in [-0.3, -0.25) is 0 Å². The molecule has 0 spiro atoms. The summed E-state index contributed by atoms with van der Waals surface area (Å²) in [5.74, 6) is 0. The molecule has 124 valence electrons. The molecule has 0 aliphatic heterocycles. The summed E-state index contributed by atoms with van der Waals surface area (Å²) in [5.41, 5.74) is 4.14.